The summed E-state index contributed by atoms with van der Waals surface area (Å²) in [5.41, 5.74) is 6.15. The van der Waals surface area contributed by atoms with Crippen LogP contribution in [0.1, 0.15) is 46.0 Å². The summed E-state index contributed by atoms with van der Waals surface area (Å²) in [6.07, 6.45) is 5.93. The van der Waals surface area contributed by atoms with Crippen molar-refractivity contribution in [3.63, 3.8) is 0 Å². The van der Waals surface area contributed by atoms with Gasteiger partial charge in [0.2, 0.25) is 0 Å². The monoisotopic (exact) mass is 228 g/mol. The molecule has 2 atom stereocenters. The van der Waals surface area contributed by atoms with Gasteiger partial charge in [0.25, 0.3) is 0 Å². The summed E-state index contributed by atoms with van der Waals surface area (Å²) >= 11 is 0. The van der Waals surface area contributed by atoms with Crippen LogP contribution in [-0.2, 0) is 0 Å². The van der Waals surface area contributed by atoms with Crippen LogP contribution in [0.2, 0.25) is 0 Å². The molecule has 1 aliphatic rings. The van der Waals surface area contributed by atoms with Crippen LogP contribution in [-0.4, -0.2) is 30.3 Å². The van der Waals surface area contributed by atoms with E-state index in [-0.39, 0.29) is 12.1 Å². The third-order valence-corrected chi connectivity index (χ3v) is 4.08. The normalized spacial score (nSPS) is 30.9. The number of hydrogen-bond donors (Lipinski definition) is 3. The Morgan fingerprint density at radius 1 is 1.44 bits per heavy atom. The molecule has 1 saturated carbocycles. The Hall–Kier alpha value is -0.120. The molecule has 0 aromatic carbocycles. The third kappa shape index (κ3) is 3.19. The molecule has 0 aromatic heterocycles. The van der Waals surface area contributed by atoms with Gasteiger partial charge in [-0.3, -0.25) is 0 Å². The van der Waals surface area contributed by atoms with Gasteiger partial charge in [-0.1, -0.05) is 26.7 Å². The first-order valence-electron chi connectivity index (χ1n) is 6.72. The maximum Gasteiger partial charge on any atom is 0.0443 e. The summed E-state index contributed by atoms with van der Waals surface area (Å²) in [6, 6.07) is 0. The van der Waals surface area contributed by atoms with Crippen molar-refractivity contribution in [2.45, 2.75) is 51.5 Å². The van der Waals surface area contributed by atoms with Crippen molar-refractivity contribution >= 4 is 0 Å². The van der Waals surface area contributed by atoms with E-state index in [1.165, 1.54) is 25.7 Å². The third-order valence-electron chi connectivity index (χ3n) is 4.08. The zero-order chi connectivity index (χ0) is 12.0. The summed E-state index contributed by atoms with van der Waals surface area (Å²) in [4.78, 5) is 0. The van der Waals surface area contributed by atoms with Gasteiger partial charge in [0.15, 0.2) is 0 Å². The molecule has 3 heteroatoms. The summed E-state index contributed by atoms with van der Waals surface area (Å²) in [5.74, 6) is 1.37. The van der Waals surface area contributed by atoms with Crippen molar-refractivity contribution in [2.75, 3.05) is 19.7 Å². The van der Waals surface area contributed by atoms with Crippen LogP contribution in [0.15, 0.2) is 0 Å². The number of rotatable bonds is 6. The van der Waals surface area contributed by atoms with Crippen LogP contribution in [0.3, 0.4) is 0 Å². The Morgan fingerprint density at radius 2 is 2.19 bits per heavy atom. The highest BCUT2D eigenvalue weighted by Crippen LogP contribution is 2.37. The van der Waals surface area contributed by atoms with Gasteiger partial charge in [-0.2, -0.15) is 0 Å². The zero-order valence-corrected chi connectivity index (χ0v) is 10.8. The molecule has 16 heavy (non-hydrogen) atoms. The highest BCUT2D eigenvalue weighted by Gasteiger charge is 2.40. The second-order valence-electron chi connectivity index (χ2n) is 5.46. The van der Waals surface area contributed by atoms with E-state index in [1.54, 1.807) is 0 Å². The Labute approximate surface area is 99.8 Å². The fourth-order valence-corrected chi connectivity index (χ4v) is 3.20. The number of aliphatic hydroxyl groups excluding tert-OH is 1. The quantitative estimate of drug-likeness (QED) is 0.604. The van der Waals surface area contributed by atoms with Crippen molar-refractivity contribution < 1.29 is 5.11 Å². The van der Waals surface area contributed by atoms with Gasteiger partial charge in [-0.15, -0.1) is 0 Å². The molecule has 3 nitrogen and oxygen atoms in total. The van der Waals surface area contributed by atoms with E-state index >= 15 is 0 Å². The fourth-order valence-electron chi connectivity index (χ4n) is 3.20. The first kappa shape index (κ1) is 13.9. The largest absolute Gasteiger partial charge is 0.396 e. The van der Waals surface area contributed by atoms with E-state index < -0.39 is 0 Å². The minimum Gasteiger partial charge on any atom is -0.396 e. The van der Waals surface area contributed by atoms with Gasteiger partial charge in [0, 0.05) is 18.7 Å². The maximum atomic E-state index is 8.86. The molecule has 0 amide bonds. The van der Waals surface area contributed by atoms with Crippen LogP contribution < -0.4 is 11.1 Å². The molecule has 1 rings (SSSR count). The number of aliphatic hydroxyl groups is 1. The highest BCUT2D eigenvalue weighted by atomic mass is 16.3. The number of nitrogens with two attached hydrogens (primary N) is 1. The van der Waals surface area contributed by atoms with E-state index in [2.05, 4.69) is 19.2 Å². The lowest BCUT2D eigenvalue weighted by Crippen LogP contribution is -2.59. The van der Waals surface area contributed by atoms with E-state index in [1.807, 2.05) is 0 Å². The molecule has 96 valence electrons. The predicted molar refractivity (Wildman–Crippen MR) is 68.3 cm³/mol. The fraction of sp³-hybridized carbons (Fsp3) is 1.00. The Balaban J connectivity index is 2.63. The van der Waals surface area contributed by atoms with Gasteiger partial charge in [0.1, 0.15) is 0 Å². The molecule has 0 saturated heterocycles. The van der Waals surface area contributed by atoms with Gasteiger partial charge in [0.05, 0.1) is 0 Å². The lowest BCUT2D eigenvalue weighted by molar-refractivity contribution is 0.106. The van der Waals surface area contributed by atoms with Gasteiger partial charge < -0.3 is 16.2 Å². The standard InChI is InChI=1S/C13H28N2O/c1-11(2)12-6-3-4-7-13(12,10-14)15-8-5-9-16/h11-12,15-16H,3-10,14H2,1-2H3. The van der Waals surface area contributed by atoms with Gasteiger partial charge in [-0.05, 0) is 37.6 Å². The maximum absolute atomic E-state index is 8.86. The Bertz CT molecular complexity index is 196. The van der Waals surface area contributed by atoms with Crippen molar-refractivity contribution in [3.8, 4) is 0 Å². The number of hydrogen-bond acceptors (Lipinski definition) is 3. The van der Waals surface area contributed by atoms with Gasteiger partial charge >= 0.3 is 0 Å². The molecule has 4 N–H and O–H groups in total. The predicted octanol–water partition coefficient (Wildman–Crippen LogP) is 1.50. The Morgan fingerprint density at radius 3 is 2.75 bits per heavy atom. The SMILES string of the molecule is CC(C)C1CCCCC1(CN)NCCCO. The lowest BCUT2D eigenvalue weighted by Gasteiger charge is -2.46. The molecular formula is C13H28N2O. The van der Waals surface area contributed by atoms with E-state index in [9.17, 15) is 0 Å². The van der Waals surface area contributed by atoms with Crippen molar-refractivity contribution in [1.82, 2.24) is 5.32 Å². The summed E-state index contributed by atoms with van der Waals surface area (Å²) in [7, 11) is 0. The zero-order valence-electron chi connectivity index (χ0n) is 10.8. The molecule has 0 heterocycles. The second kappa shape index (κ2) is 6.58. The summed E-state index contributed by atoms with van der Waals surface area (Å²) in [5, 5.41) is 12.5. The molecule has 0 spiro atoms. The van der Waals surface area contributed by atoms with Crippen molar-refractivity contribution in [3.05, 3.63) is 0 Å². The first-order valence-corrected chi connectivity index (χ1v) is 6.72. The van der Waals surface area contributed by atoms with E-state index in [0.717, 1.165) is 19.5 Å². The van der Waals surface area contributed by atoms with E-state index in [0.29, 0.717) is 11.8 Å². The first-order chi connectivity index (χ1) is 7.66. The van der Waals surface area contributed by atoms with Crippen LogP contribution in [0.25, 0.3) is 0 Å². The van der Waals surface area contributed by atoms with Crippen molar-refractivity contribution in [2.24, 2.45) is 17.6 Å². The molecule has 0 bridgehead atoms. The minimum absolute atomic E-state index is 0.127. The molecule has 2 unspecified atom stereocenters. The summed E-state index contributed by atoms with van der Waals surface area (Å²) < 4.78 is 0. The molecule has 0 aromatic rings. The molecule has 0 radical (unpaired) electrons. The van der Waals surface area contributed by atoms with E-state index in [4.69, 9.17) is 10.8 Å². The smallest absolute Gasteiger partial charge is 0.0443 e. The molecule has 1 fully saturated rings. The van der Waals surface area contributed by atoms with Crippen LogP contribution in [0.5, 0.6) is 0 Å². The lowest BCUT2D eigenvalue weighted by atomic mass is 9.68. The van der Waals surface area contributed by atoms with Crippen LogP contribution >= 0.6 is 0 Å². The van der Waals surface area contributed by atoms with Gasteiger partial charge in [-0.25, -0.2) is 0 Å². The molecule has 0 aliphatic heterocycles. The minimum atomic E-state index is 0.127. The van der Waals surface area contributed by atoms with Crippen LogP contribution in [0.4, 0.5) is 0 Å². The Kier molecular flexibility index (Phi) is 5.73. The second-order valence-corrected chi connectivity index (χ2v) is 5.46. The summed E-state index contributed by atoms with van der Waals surface area (Å²) in [6.45, 7) is 6.47. The average molecular weight is 228 g/mol. The average Bonchev–Trinajstić information content (AvgIpc) is 2.29. The van der Waals surface area contributed by atoms with Crippen LogP contribution in [0, 0.1) is 11.8 Å². The number of nitrogens with one attached hydrogen (secondary N) is 1. The highest BCUT2D eigenvalue weighted by molar-refractivity contribution is 4.99. The molecular weight excluding hydrogens is 200 g/mol. The van der Waals surface area contributed by atoms with Crippen molar-refractivity contribution in [1.29, 1.82) is 0 Å². The molecule has 1 aliphatic carbocycles. The topological polar surface area (TPSA) is 58.3 Å².